The molecule has 7 heteroatoms. The van der Waals surface area contributed by atoms with Gasteiger partial charge in [0.1, 0.15) is 5.75 Å². The van der Waals surface area contributed by atoms with Crippen LogP contribution in [0.2, 0.25) is 0 Å². The molecule has 0 aliphatic carbocycles. The van der Waals surface area contributed by atoms with Crippen molar-refractivity contribution < 1.29 is 23.8 Å². The molecule has 7 nitrogen and oxygen atoms in total. The van der Waals surface area contributed by atoms with Gasteiger partial charge in [0.25, 0.3) is 11.8 Å². The average molecular weight is 386 g/mol. The quantitative estimate of drug-likeness (QED) is 0.715. The minimum absolute atomic E-state index is 0.211. The van der Waals surface area contributed by atoms with Crippen LogP contribution in [0.15, 0.2) is 30.3 Å². The van der Waals surface area contributed by atoms with Crippen LogP contribution in [0.25, 0.3) is 0 Å². The number of amides is 2. The molecule has 0 radical (unpaired) electrons. The maximum absolute atomic E-state index is 12.2. The van der Waals surface area contributed by atoms with Crippen molar-refractivity contribution in [2.24, 2.45) is 0 Å². The minimum atomic E-state index is -0.475. The van der Waals surface area contributed by atoms with Gasteiger partial charge < -0.3 is 14.2 Å². The summed E-state index contributed by atoms with van der Waals surface area (Å²) in [6, 6.07) is 8.75. The molecule has 28 heavy (non-hydrogen) atoms. The Bertz CT molecular complexity index is 841. The second kappa shape index (κ2) is 9.64. The van der Waals surface area contributed by atoms with Gasteiger partial charge in [-0.25, -0.2) is 0 Å². The Hall–Kier alpha value is -3.22. The number of hydrazine groups is 1. The van der Waals surface area contributed by atoms with Crippen molar-refractivity contribution in [3.63, 3.8) is 0 Å². The molecular formula is C21H26N2O5. The first kappa shape index (κ1) is 21.1. The molecule has 2 aromatic carbocycles. The van der Waals surface area contributed by atoms with E-state index in [9.17, 15) is 9.59 Å². The Labute approximate surface area is 165 Å². The summed E-state index contributed by atoms with van der Waals surface area (Å²) in [6.07, 6.45) is 0. The molecule has 0 aromatic heterocycles. The Morgan fingerprint density at radius 3 is 2.21 bits per heavy atom. The third-order valence-electron chi connectivity index (χ3n) is 3.99. The highest BCUT2D eigenvalue weighted by molar-refractivity contribution is 5.96. The van der Waals surface area contributed by atoms with Crippen molar-refractivity contribution in [2.75, 3.05) is 20.3 Å². The van der Waals surface area contributed by atoms with Crippen molar-refractivity contribution in [1.29, 1.82) is 0 Å². The van der Waals surface area contributed by atoms with Crippen LogP contribution in [0, 0.1) is 20.8 Å². The molecule has 0 bridgehead atoms. The third kappa shape index (κ3) is 5.39. The van der Waals surface area contributed by atoms with Crippen molar-refractivity contribution in [2.45, 2.75) is 27.7 Å². The fraction of sp³-hybridized carbons (Fsp3) is 0.333. The van der Waals surface area contributed by atoms with Crippen LogP contribution in [0.4, 0.5) is 0 Å². The van der Waals surface area contributed by atoms with Crippen molar-refractivity contribution in [3.8, 4) is 17.2 Å². The molecule has 0 atom stereocenters. The molecule has 0 heterocycles. The summed E-state index contributed by atoms with van der Waals surface area (Å²) in [6.45, 7) is 7.98. The van der Waals surface area contributed by atoms with Crippen LogP contribution in [-0.4, -0.2) is 32.1 Å². The van der Waals surface area contributed by atoms with E-state index < -0.39 is 11.8 Å². The molecule has 0 fully saturated rings. The molecule has 0 spiro atoms. The van der Waals surface area contributed by atoms with Crippen molar-refractivity contribution in [1.82, 2.24) is 10.9 Å². The highest BCUT2D eigenvalue weighted by atomic mass is 16.5. The highest BCUT2D eigenvalue weighted by Crippen LogP contribution is 2.28. The number of aryl methyl sites for hydroxylation is 3. The topological polar surface area (TPSA) is 85.9 Å². The van der Waals surface area contributed by atoms with Crippen LogP contribution in [0.5, 0.6) is 17.2 Å². The van der Waals surface area contributed by atoms with Gasteiger partial charge in [0.05, 0.1) is 13.7 Å². The lowest BCUT2D eigenvalue weighted by Gasteiger charge is -2.14. The van der Waals surface area contributed by atoms with E-state index in [1.54, 1.807) is 18.2 Å². The first-order valence-corrected chi connectivity index (χ1v) is 8.96. The van der Waals surface area contributed by atoms with Gasteiger partial charge in [0.2, 0.25) is 0 Å². The van der Waals surface area contributed by atoms with Gasteiger partial charge in [-0.1, -0.05) is 17.7 Å². The number of hydrogen-bond donors (Lipinski definition) is 2. The van der Waals surface area contributed by atoms with Gasteiger partial charge in [-0.05, 0) is 57.0 Å². The Kier molecular flexibility index (Phi) is 7.26. The molecule has 2 N–H and O–H groups in total. The molecule has 0 aliphatic rings. The van der Waals surface area contributed by atoms with E-state index in [0.29, 0.717) is 29.4 Å². The highest BCUT2D eigenvalue weighted by Gasteiger charge is 2.13. The summed E-state index contributed by atoms with van der Waals surface area (Å²) in [4.78, 5) is 24.3. The largest absolute Gasteiger partial charge is 0.493 e. The number of rotatable bonds is 7. The number of ether oxygens (including phenoxy) is 3. The molecule has 150 valence electrons. The molecule has 0 unspecified atom stereocenters. The maximum Gasteiger partial charge on any atom is 0.276 e. The number of methoxy groups -OCH3 is 1. The summed E-state index contributed by atoms with van der Waals surface area (Å²) >= 11 is 0. The molecule has 2 rings (SSSR count). The Morgan fingerprint density at radius 1 is 0.929 bits per heavy atom. The molecule has 0 saturated heterocycles. The number of carbonyl (C=O) groups is 2. The summed E-state index contributed by atoms with van der Waals surface area (Å²) < 4.78 is 16.2. The van der Waals surface area contributed by atoms with E-state index in [2.05, 4.69) is 10.9 Å². The lowest BCUT2D eigenvalue weighted by atomic mass is 10.1. The van der Waals surface area contributed by atoms with Gasteiger partial charge in [0, 0.05) is 5.56 Å². The zero-order chi connectivity index (χ0) is 20.7. The standard InChI is InChI=1S/C21H26N2O5/c1-6-27-17-8-7-16(11-18(17)26-5)21(25)23-22-19(24)12-28-20-14(3)9-13(2)10-15(20)4/h7-11H,6,12H2,1-5H3,(H,22,24)(H,23,25). The van der Waals surface area contributed by atoms with Crippen LogP contribution in [0.1, 0.15) is 34.0 Å². The first-order valence-electron chi connectivity index (χ1n) is 8.96. The fourth-order valence-electron chi connectivity index (χ4n) is 2.85. The van der Waals surface area contributed by atoms with E-state index >= 15 is 0 Å². The van der Waals surface area contributed by atoms with E-state index in [1.807, 2.05) is 39.8 Å². The average Bonchev–Trinajstić information content (AvgIpc) is 2.65. The number of hydrogen-bond acceptors (Lipinski definition) is 5. The monoisotopic (exact) mass is 386 g/mol. The van der Waals surface area contributed by atoms with E-state index in [4.69, 9.17) is 14.2 Å². The lowest BCUT2D eigenvalue weighted by molar-refractivity contribution is -0.123. The number of benzene rings is 2. The number of nitrogens with one attached hydrogen (secondary N) is 2. The van der Waals surface area contributed by atoms with Crippen LogP contribution in [0.3, 0.4) is 0 Å². The predicted octanol–water partition coefficient (Wildman–Crippen LogP) is 2.86. The van der Waals surface area contributed by atoms with Crippen LogP contribution in [-0.2, 0) is 4.79 Å². The summed E-state index contributed by atoms with van der Waals surface area (Å²) in [7, 11) is 1.49. The van der Waals surface area contributed by atoms with Gasteiger partial charge in [-0.3, -0.25) is 20.4 Å². The fourth-order valence-corrected chi connectivity index (χ4v) is 2.85. The zero-order valence-electron chi connectivity index (χ0n) is 16.8. The maximum atomic E-state index is 12.2. The molecular weight excluding hydrogens is 360 g/mol. The Balaban J connectivity index is 1.91. The predicted molar refractivity (Wildman–Crippen MR) is 106 cm³/mol. The third-order valence-corrected chi connectivity index (χ3v) is 3.99. The number of carbonyl (C=O) groups excluding carboxylic acids is 2. The smallest absolute Gasteiger partial charge is 0.276 e. The normalized spacial score (nSPS) is 10.2. The van der Waals surface area contributed by atoms with E-state index in [0.717, 1.165) is 16.7 Å². The Morgan fingerprint density at radius 2 is 1.61 bits per heavy atom. The minimum Gasteiger partial charge on any atom is -0.493 e. The van der Waals surface area contributed by atoms with Gasteiger partial charge in [0.15, 0.2) is 18.1 Å². The van der Waals surface area contributed by atoms with Gasteiger partial charge >= 0.3 is 0 Å². The second-order valence-electron chi connectivity index (χ2n) is 6.32. The lowest BCUT2D eigenvalue weighted by Crippen LogP contribution is -2.43. The van der Waals surface area contributed by atoms with Gasteiger partial charge in [-0.2, -0.15) is 0 Å². The van der Waals surface area contributed by atoms with Crippen molar-refractivity contribution >= 4 is 11.8 Å². The molecule has 0 saturated carbocycles. The molecule has 2 aromatic rings. The second-order valence-corrected chi connectivity index (χ2v) is 6.32. The van der Waals surface area contributed by atoms with E-state index in [1.165, 1.54) is 7.11 Å². The summed E-state index contributed by atoms with van der Waals surface area (Å²) in [5.74, 6) is 0.712. The van der Waals surface area contributed by atoms with Crippen LogP contribution >= 0.6 is 0 Å². The van der Waals surface area contributed by atoms with Crippen LogP contribution < -0.4 is 25.1 Å². The SMILES string of the molecule is CCOc1ccc(C(=O)NNC(=O)COc2c(C)cc(C)cc2C)cc1OC. The molecule has 0 aliphatic heterocycles. The summed E-state index contributed by atoms with van der Waals surface area (Å²) in [5, 5.41) is 0. The van der Waals surface area contributed by atoms with E-state index in [-0.39, 0.29) is 6.61 Å². The summed E-state index contributed by atoms with van der Waals surface area (Å²) in [5.41, 5.74) is 8.07. The molecule has 2 amide bonds. The van der Waals surface area contributed by atoms with Gasteiger partial charge in [-0.15, -0.1) is 0 Å². The zero-order valence-corrected chi connectivity index (χ0v) is 16.8. The first-order chi connectivity index (χ1) is 13.3. The van der Waals surface area contributed by atoms with Crippen molar-refractivity contribution in [3.05, 3.63) is 52.6 Å².